The molecule has 2 heterocycles. The molecule has 0 saturated carbocycles. The van der Waals surface area contributed by atoms with Crippen molar-refractivity contribution in [3.63, 3.8) is 0 Å². The molecule has 4 aromatic rings. The summed E-state index contributed by atoms with van der Waals surface area (Å²) >= 11 is 1.55. The van der Waals surface area contributed by atoms with Crippen LogP contribution in [0.5, 0.6) is 0 Å². The van der Waals surface area contributed by atoms with Gasteiger partial charge in [0.05, 0.1) is 17.8 Å². The largest absolute Gasteiger partial charge is 0.326 e. The summed E-state index contributed by atoms with van der Waals surface area (Å²) in [7, 11) is 0. The number of benzene rings is 2. The van der Waals surface area contributed by atoms with E-state index in [1.807, 2.05) is 80.2 Å². The fourth-order valence-electron chi connectivity index (χ4n) is 3.53. The number of nitrogens with one attached hydrogen (secondary N) is 1. The molecule has 0 saturated heterocycles. The van der Waals surface area contributed by atoms with E-state index < -0.39 is 0 Å². The van der Waals surface area contributed by atoms with E-state index in [1.165, 1.54) is 5.56 Å². The van der Waals surface area contributed by atoms with Crippen molar-refractivity contribution in [3.8, 4) is 16.4 Å². The Balaban J connectivity index is 1.55. The second-order valence-electron chi connectivity index (χ2n) is 7.49. The molecular weight excluding hydrogens is 392 g/mol. The molecule has 4 rings (SSSR count). The zero-order chi connectivity index (χ0) is 21.3. The molecule has 5 nitrogen and oxygen atoms in total. The van der Waals surface area contributed by atoms with Crippen LogP contribution in [0, 0.1) is 27.7 Å². The predicted molar refractivity (Wildman–Crippen MR) is 122 cm³/mol. The molecule has 0 fully saturated rings. The highest BCUT2D eigenvalue weighted by Crippen LogP contribution is 2.26. The number of aryl methyl sites for hydroxylation is 3. The zero-order valence-electron chi connectivity index (χ0n) is 17.6. The Bertz CT molecular complexity index is 1210. The van der Waals surface area contributed by atoms with Crippen LogP contribution in [0.15, 0.2) is 53.9 Å². The molecule has 2 aromatic heterocycles. The predicted octanol–water partition coefficient (Wildman–Crippen LogP) is 5.41. The summed E-state index contributed by atoms with van der Waals surface area (Å²) in [5.74, 6) is -0.0446. The lowest BCUT2D eigenvalue weighted by Gasteiger charge is -2.09. The van der Waals surface area contributed by atoms with Crippen molar-refractivity contribution < 1.29 is 4.79 Å². The molecule has 1 amide bonds. The highest BCUT2D eigenvalue weighted by molar-refractivity contribution is 7.12. The summed E-state index contributed by atoms with van der Waals surface area (Å²) in [5.41, 5.74) is 7.82. The molecule has 0 unspecified atom stereocenters. The maximum absolute atomic E-state index is 12.7. The van der Waals surface area contributed by atoms with Crippen LogP contribution in [0.1, 0.15) is 28.1 Å². The number of nitrogens with zero attached hydrogens (tertiary/aromatic N) is 3. The van der Waals surface area contributed by atoms with Crippen molar-refractivity contribution >= 4 is 22.9 Å². The second-order valence-corrected chi connectivity index (χ2v) is 8.32. The van der Waals surface area contributed by atoms with Gasteiger partial charge in [0.25, 0.3) is 0 Å². The Morgan fingerprint density at radius 1 is 1.07 bits per heavy atom. The molecule has 152 valence electrons. The number of carbonyl (C=O) groups excluding carboxylic acids is 1. The molecular formula is C24H24N4OS. The van der Waals surface area contributed by atoms with Crippen LogP contribution in [-0.2, 0) is 11.2 Å². The van der Waals surface area contributed by atoms with Gasteiger partial charge in [-0.15, -0.1) is 11.3 Å². The normalized spacial score (nSPS) is 10.9. The number of hydrogen-bond donors (Lipinski definition) is 1. The van der Waals surface area contributed by atoms with Crippen molar-refractivity contribution in [3.05, 3.63) is 82.0 Å². The molecule has 1 N–H and O–H groups in total. The highest BCUT2D eigenvalue weighted by atomic mass is 32.1. The first-order valence-corrected chi connectivity index (χ1v) is 10.7. The lowest BCUT2D eigenvalue weighted by molar-refractivity contribution is -0.115. The molecule has 0 atom stereocenters. The van der Waals surface area contributed by atoms with E-state index in [0.717, 1.165) is 44.6 Å². The van der Waals surface area contributed by atoms with Crippen LogP contribution >= 0.6 is 11.3 Å². The number of thiazole rings is 1. The van der Waals surface area contributed by atoms with Gasteiger partial charge in [-0.1, -0.05) is 48.0 Å². The first-order valence-electron chi connectivity index (χ1n) is 9.86. The first-order chi connectivity index (χ1) is 14.4. The van der Waals surface area contributed by atoms with Gasteiger partial charge in [-0.05, 0) is 39.3 Å². The van der Waals surface area contributed by atoms with E-state index >= 15 is 0 Å². The van der Waals surface area contributed by atoms with E-state index in [-0.39, 0.29) is 12.3 Å². The van der Waals surface area contributed by atoms with E-state index in [9.17, 15) is 4.79 Å². The fraction of sp³-hybridized carbons (Fsp3) is 0.208. The van der Waals surface area contributed by atoms with Crippen LogP contribution in [0.25, 0.3) is 16.4 Å². The standard InChI is InChI=1S/C24H24N4OS/c1-15-10-11-21(16(2)12-15)25-23(29)13-20-17(3)27-28(18(20)4)24-26-22(14-30-24)19-8-6-5-7-9-19/h5-12,14H,13H2,1-4H3,(H,25,29). The summed E-state index contributed by atoms with van der Waals surface area (Å²) < 4.78 is 1.84. The quantitative estimate of drug-likeness (QED) is 0.473. The Morgan fingerprint density at radius 2 is 1.83 bits per heavy atom. The smallest absolute Gasteiger partial charge is 0.228 e. The van der Waals surface area contributed by atoms with Gasteiger partial charge in [0.2, 0.25) is 11.0 Å². The molecule has 0 spiro atoms. The van der Waals surface area contributed by atoms with E-state index in [4.69, 9.17) is 4.98 Å². The van der Waals surface area contributed by atoms with Crippen molar-refractivity contribution in [1.82, 2.24) is 14.8 Å². The van der Waals surface area contributed by atoms with Crippen LogP contribution in [0.2, 0.25) is 0 Å². The molecule has 2 aromatic carbocycles. The van der Waals surface area contributed by atoms with Gasteiger partial charge in [0.15, 0.2) is 0 Å². The number of carbonyl (C=O) groups is 1. The molecule has 0 aliphatic heterocycles. The third-order valence-electron chi connectivity index (χ3n) is 5.18. The molecule has 6 heteroatoms. The van der Waals surface area contributed by atoms with Crippen molar-refractivity contribution in [2.24, 2.45) is 0 Å². The maximum atomic E-state index is 12.7. The third-order valence-corrected chi connectivity index (χ3v) is 5.99. The Morgan fingerprint density at radius 3 is 2.57 bits per heavy atom. The van der Waals surface area contributed by atoms with Gasteiger partial charge in [-0.3, -0.25) is 4.79 Å². The van der Waals surface area contributed by atoms with Gasteiger partial charge in [0.1, 0.15) is 0 Å². The van der Waals surface area contributed by atoms with Gasteiger partial charge in [-0.25, -0.2) is 9.67 Å². The summed E-state index contributed by atoms with van der Waals surface area (Å²) in [6.07, 6.45) is 0.280. The van der Waals surface area contributed by atoms with Crippen molar-refractivity contribution in [1.29, 1.82) is 0 Å². The zero-order valence-corrected chi connectivity index (χ0v) is 18.4. The summed E-state index contributed by atoms with van der Waals surface area (Å²) in [5, 5.41) is 10.5. The average Bonchev–Trinajstić information content (AvgIpc) is 3.31. The lowest BCUT2D eigenvalue weighted by atomic mass is 10.1. The number of aromatic nitrogens is 3. The molecule has 0 aliphatic rings. The van der Waals surface area contributed by atoms with Gasteiger partial charge in [0, 0.05) is 27.9 Å². The fourth-order valence-corrected chi connectivity index (χ4v) is 4.36. The van der Waals surface area contributed by atoms with Gasteiger partial charge >= 0.3 is 0 Å². The minimum Gasteiger partial charge on any atom is -0.326 e. The van der Waals surface area contributed by atoms with E-state index in [0.29, 0.717) is 0 Å². The van der Waals surface area contributed by atoms with Crippen LogP contribution in [0.3, 0.4) is 0 Å². The number of rotatable bonds is 5. The van der Waals surface area contributed by atoms with Crippen LogP contribution in [0.4, 0.5) is 5.69 Å². The molecule has 0 radical (unpaired) electrons. The number of hydrogen-bond acceptors (Lipinski definition) is 4. The maximum Gasteiger partial charge on any atom is 0.228 e. The van der Waals surface area contributed by atoms with Crippen molar-refractivity contribution in [2.75, 3.05) is 5.32 Å². The number of anilines is 1. The topological polar surface area (TPSA) is 59.8 Å². The Labute approximate surface area is 180 Å². The first kappa shape index (κ1) is 20.0. The summed E-state index contributed by atoms with van der Waals surface area (Å²) in [6, 6.07) is 16.1. The molecule has 0 bridgehead atoms. The van der Waals surface area contributed by atoms with Crippen LogP contribution < -0.4 is 5.32 Å². The Kier molecular flexibility index (Phi) is 5.50. The second kappa shape index (κ2) is 8.24. The summed E-state index contributed by atoms with van der Waals surface area (Å²) in [6.45, 7) is 7.98. The molecule has 0 aliphatic carbocycles. The Hall–Kier alpha value is -3.25. The average molecular weight is 417 g/mol. The minimum atomic E-state index is -0.0446. The van der Waals surface area contributed by atoms with Gasteiger partial charge < -0.3 is 5.32 Å². The SMILES string of the molecule is Cc1ccc(NC(=O)Cc2c(C)nn(-c3nc(-c4ccccc4)cs3)c2C)c(C)c1. The number of amides is 1. The lowest BCUT2D eigenvalue weighted by Crippen LogP contribution is -2.16. The third kappa shape index (κ3) is 4.04. The highest BCUT2D eigenvalue weighted by Gasteiger charge is 2.18. The summed E-state index contributed by atoms with van der Waals surface area (Å²) in [4.78, 5) is 17.4. The van der Waals surface area contributed by atoms with E-state index in [2.05, 4.69) is 16.5 Å². The van der Waals surface area contributed by atoms with Crippen LogP contribution in [-0.4, -0.2) is 20.7 Å². The minimum absolute atomic E-state index is 0.0446. The van der Waals surface area contributed by atoms with Gasteiger partial charge in [-0.2, -0.15) is 5.10 Å². The monoisotopic (exact) mass is 416 g/mol. The van der Waals surface area contributed by atoms with Crippen molar-refractivity contribution in [2.45, 2.75) is 34.1 Å². The van der Waals surface area contributed by atoms with E-state index in [1.54, 1.807) is 11.3 Å². The molecule has 30 heavy (non-hydrogen) atoms.